The number of nitrogens with one attached hydrogen (secondary N) is 1. The Morgan fingerprint density at radius 2 is 2.18 bits per heavy atom. The number of ether oxygens (including phenoxy) is 2. The van der Waals surface area contributed by atoms with E-state index in [0.29, 0.717) is 0 Å². The highest BCUT2D eigenvalue weighted by molar-refractivity contribution is 5.82. The third kappa shape index (κ3) is 2.42. The summed E-state index contributed by atoms with van der Waals surface area (Å²) in [5, 5.41) is 23.7. The van der Waals surface area contributed by atoms with Crippen molar-refractivity contribution in [2.45, 2.75) is 56.4 Å². The van der Waals surface area contributed by atoms with Crippen molar-refractivity contribution in [2.75, 3.05) is 6.61 Å². The lowest BCUT2D eigenvalue weighted by molar-refractivity contribution is -0.182. The quantitative estimate of drug-likeness (QED) is 0.598. The molecule has 3 aliphatic heterocycles. The van der Waals surface area contributed by atoms with Gasteiger partial charge in [-0.2, -0.15) is 10.5 Å². The highest BCUT2D eigenvalue weighted by Gasteiger charge is 2.64. The van der Waals surface area contributed by atoms with Gasteiger partial charge in [0.05, 0.1) is 24.3 Å². The number of hydrogen-bond donors (Lipinski definition) is 1. The fraction of sp³-hybridized carbons (Fsp3) is 0.591. The zero-order valence-electron chi connectivity index (χ0n) is 16.3. The van der Waals surface area contributed by atoms with Gasteiger partial charge in [-0.1, -0.05) is 18.2 Å². The van der Waals surface area contributed by atoms with Crippen molar-refractivity contribution in [1.29, 1.82) is 10.5 Å². The van der Waals surface area contributed by atoms with Crippen LogP contribution in [0.3, 0.4) is 0 Å². The van der Waals surface area contributed by atoms with E-state index in [2.05, 4.69) is 30.1 Å². The molecule has 0 radical (unpaired) electrons. The van der Waals surface area contributed by atoms with E-state index >= 15 is 0 Å². The second-order valence-electron chi connectivity index (χ2n) is 8.39. The lowest BCUT2D eigenvalue weighted by Crippen LogP contribution is -2.59. The van der Waals surface area contributed by atoms with E-state index in [4.69, 9.17) is 9.47 Å². The molecule has 0 aromatic rings. The zero-order valence-corrected chi connectivity index (χ0v) is 16.3. The summed E-state index contributed by atoms with van der Waals surface area (Å²) in [5.74, 6) is -0.689. The molecule has 1 saturated heterocycles. The van der Waals surface area contributed by atoms with Gasteiger partial charge in [-0.15, -0.1) is 6.58 Å². The molecule has 2 unspecified atom stereocenters. The van der Waals surface area contributed by atoms with Gasteiger partial charge in [-0.05, 0) is 38.3 Å². The topological polar surface area (TPSA) is 95.1 Å². The number of nitriles is 2. The van der Waals surface area contributed by atoms with Crippen LogP contribution in [-0.2, 0) is 14.3 Å². The molecule has 2 fully saturated rings. The number of rotatable bonds is 3. The molecule has 6 heteroatoms. The summed E-state index contributed by atoms with van der Waals surface area (Å²) in [5.41, 5.74) is -2.58. The smallest absolute Gasteiger partial charge is 0.342 e. The average Bonchev–Trinajstić information content (AvgIpc) is 3.24. The first-order chi connectivity index (χ1) is 13.4. The molecule has 0 aromatic heterocycles. The first-order valence-corrected chi connectivity index (χ1v) is 9.88. The van der Waals surface area contributed by atoms with E-state index < -0.39 is 22.6 Å². The summed E-state index contributed by atoms with van der Waals surface area (Å²) in [7, 11) is 0. The van der Waals surface area contributed by atoms with E-state index in [9.17, 15) is 15.3 Å². The highest BCUT2D eigenvalue weighted by Crippen LogP contribution is 2.59. The predicted molar refractivity (Wildman–Crippen MR) is 101 cm³/mol. The lowest BCUT2D eigenvalue weighted by atomic mass is 9.54. The predicted octanol–water partition coefficient (Wildman–Crippen LogP) is 2.55. The van der Waals surface area contributed by atoms with Crippen LogP contribution in [0.15, 0.2) is 36.5 Å². The van der Waals surface area contributed by atoms with Gasteiger partial charge in [0.15, 0.2) is 11.0 Å². The van der Waals surface area contributed by atoms with Gasteiger partial charge in [0.1, 0.15) is 0 Å². The van der Waals surface area contributed by atoms with Crippen molar-refractivity contribution < 1.29 is 14.3 Å². The molecule has 0 amide bonds. The SMILES string of the molecule is C=C[C@H]1[C@H]2C(=CC3CC[C@@H]2N3)C(C#N)(C#N)CC12C=C[C@@](C)(C(=O)OCC)O2. The Bertz CT molecular complexity index is 849. The average molecular weight is 379 g/mol. The normalized spacial score (nSPS) is 42.2. The van der Waals surface area contributed by atoms with Crippen LogP contribution >= 0.6 is 0 Å². The van der Waals surface area contributed by atoms with Crippen molar-refractivity contribution in [3.8, 4) is 12.1 Å². The van der Waals surface area contributed by atoms with Crippen LogP contribution in [0.5, 0.6) is 0 Å². The third-order valence-electron chi connectivity index (χ3n) is 6.78. The minimum absolute atomic E-state index is 0.0708. The van der Waals surface area contributed by atoms with Crippen LogP contribution in [0, 0.1) is 39.9 Å². The van der Waals surface area contributed by atoms with Crippen LogP contribution in [-0.4, -0.2) is 35.9 Å². The number of carbonyl (C=O) groups is 1. The van der Waals surface area contributed by atoms with Gasteiger partial charge >= 0.3 is 5.97 Å². The summed E-state index contributed by atoms with van der Waals surface area (Å²) in [6.07, 6.45) is 9.65. The Morgan fingerprint density at radius 3 is 2.82 bits per heavy atom. The largest absolute Gasteiger partial charge is 0.464 e. The lowest BCUT2D eigenvalue weighted by Gasteiger charge is -2.53. The standard InChI is InChI=1S/C22H25N3O3/c1-4-15-18-16(10-14-6-7-17(18)25-14)21(12-23,13-24)11-22(15)9-8-20(3,28-22)19(26)27-5-2/h4,8-10,14-15,17-18,25H,1,5-7,11H2,2-3H3/t14?,15-,17-,18-,20-,22?/m0/s1. The molecule has 4 aliphatic rings. The molecule has 6 nitrogen and oxygen atoms in total. The molecule has 2 bridgehead atoms. The van der Waals surface area contributed by atoms with Gasteiger partial charge in [0.2, 0.25) is 0 Å². The Balaban J connectivity index is 1.81. The molecule has 3 heterocycles. The number of fused-ring (bicyclic) bond motifs is 4. The first-order valence-electron chi connectivity index (χ1n) is 9.88. The van der Waals surface area contributed by atoms with E-state index in [0.717, 1.165) is 18.4 Å². The molecule has 1 aliphatic carbocycles. The Morgan fingerprint density at radius 1 is 1.43 bits per heavy atom. The van der Waals surface area contributed by atoms with Crippen LogP contribution in [0.1, 0.15) is 33.1 Å². The molecular formula is C22H25N3O3. The number of hydrogen-bond acceptors (Lipinski definition) is 6. The molecule has 4 rings (SSSR count). The number of nitrogens with zero attached hydrogens (tertiary/aromatic N) is 2. The van der Waals surface area contributed by atoms with E-state index in [-0.39, 0.29) is 36.9 Å². The monoisotopic (exact) mass is 379 g/mol. The van der Waals surface area contributed by atoms with E-state index in [1.807, 2.05) is 12.2 Å². The van der Waals surface area contributed by atoms with Crippen molar-refractivity contribution in [2.24, 2.45) is 17.3 Å². The fourth-order valence-electron chi connectivity index (χ4n) is 5.57. The Hall–Kier alpha value is -2.41. The summed E-state index contributed by atoms with van der Waals surface area (Å²) < 4.78 is 11.6. The highest BCUT2D eigenvalue weighted by atomic mass is 16.6. The summed E-state index contributed by atoms with van der Waals surface area (Å²) >= 11 is 0. The molecular weight excluding hydrogens is 354 g/mol. The molecule has 146 valence electrons. The van der Waals surface area contributed by atoms with Crippen LogP contribution in [0.2, 0.25) is 0 Å². The maximum atomic E-state index is 12.5. The molecule has 1 saturated carbocycles. The second kappa shape index (κ2) is 6.30. The maximum absolute atomic E-state index is 12.5. The van der Waals surface area contributed by atoms with E-state index in [1.54, 1.807) is 19.9 Å². The van der Waals surface area contributed by atoms with Gasteiger partial charge in [-0.3, -0.25) is 0 Å². The number of carbonyl (C=O) groups excluding carboxylic acids is 1. The fourth-order valence-corrected chi connectivity index (χ4v) is 5.57. The van der Waals surface area contributed by atoms with Crippen molar-refractivity contribution in [3.63, 3.8) is 0 Å². The summed E-state index contributed by atoms with van der Waals surface area (Å²) in [6, 6.07) is 4.96. The van der Waals surface area contributed by atoms with Crippen LogP contribution < -0.4 is 5.32 Å². The number of esters is 1. The van der Waals surface area contributed by atoms with Crippen LogP contribution in [0.25, 0.3) is 0 Å². The summed E-state index contributed by atoms with van der Waals surface area (Å²) in [4.78, 5) is 12.5. The first kappa shape index (κ1) is 18.9. The van der Waals surface area contributed by atoms with Gasteiger partial charge in [0.25, 0.3) is 0 Å². The summed E-state index contributed by atoms with van der Waals surface area (Å²) in [6.45, 7) is 7.73. The minimum atomic E-state index is -1.28. The maximum Gasteiger partial charge on any atom is 0.342 e. The molecule has 1 spiro atoms. The minimum Gasteiger partial charge on any atom is -0.464 e. The van der Waals surface area contributed by atoms with Crippen LogP contribution in [0.4, 0.5) is 0 Å². The second-order valence-corrected chi connectivity index (χ2v) is 8.39. The third-order valence-corrected chi connectivity index (χ3v) is 6.78. The van der Waals surface area contributed by atoms with Crippen molar-refractivity contribution in [1.82, 2.24) is 5.32 Å². The van der Waals surface area contributed by atoms with Crippen molar-refractivity contribution in [3.05, 3.63) is 36.5 Å². The van der Waals surface area contributed by atoms with Gasteiger partial charge in [0, 0.05) is 30.3 Å². The zero-order chi connectivity index (χ0) is 20.2. The van der Waals surface area contributed by atoms with Gasteiger partial charge in [-0.25, -0.2) is 4.79 Å². The molecule has 6 atom stereocenters. The molecule has 0 aromatic carbocycles. The van der Waals surface area contributed by atoms with Gasteiger partial charge < -0.3 is 14.8 Å². The molecule has 1 N–H and O–H groups in total. The Labute approximate surface area is 165 Å². The Kier molecular flexibility index (Phi) is 4.26. The van der Waals surface area contributed by atoms with Crippen molar-refractivity contribution >= 4 is 5.97 Å². The molecule has 28 heavy (non-hydrogen) atoms. The van der Waals surface area contributed by atoms with E-state index in [1.165, 1.54) is 0 Å².